The first-order chi connectivity index (χ1) is 9.15. The molecule has 0 bridgehead atoms. The average molecular weight is 265 g/mol. The molecule has 0 spiro atoms. The van der Waals surface area contributed by atoms with E-state index in [0.717, 1.165) is 25.9 Å². The number of aromatic carboxylic acids is 1. The first-order valence-electron chi connectivity index (χ1n) is 6.59. The average Bonchev–Trinajstić information content (AvgIpc) is 2.39. The lowest BCUT2D eigenvalue weighted by atomic mass is 10.1. The smallest absolute Gasteiger partial charge is 0.354 e. The van der Waals surface area contributed by atoms with Crippen molar-refractivity contribution in [3.63, 3.8) is 0 Å². The third kappa shape index (κ3) is 4.17. The van der Waals surface area contributed by atoms with Crippen LogP contribution >= 0.6 is 0 Å². The highest BCUT2D eigenvalue weighted by Crippen LogP contribution is 2.15. The lowest BCUT2D eigenvalue weighted by molar-refractivity contribution is 0.0134. The number of ether oxygens (including phenoxy) is 1. The Labute approximate surface area is 112 Å². The zero-order valence-corrected chi connectivity index (χ0v) is 11.1. The van der Waals surface area contributed by atoms with Crippen LogP contribution in [0.25, 0.3) is 0 Å². The molecule has 104 valence electrons. The van der Waals surface area contributed by atoms with E-state index >= 15 is 0 Å². The number of carboxylic acids is 1. The summed E-state index contributed by atoms with van der Waals surface area (Å²) in [5, 5.41) is 12.0. The molecule has 0 aromatic carbocycles. The molecule has 2 rings (SSSR count). The van der Waals surface area contributed by atoms with E-state index in [1.165, 1.54) is 12.5 Å². The quantitative estimate of drug-likeness (QED) is 0.845. The molecular weight excluding hydrogens is 246 g/mol. The van der Waals surface area contributed by atoms with E-state index in [4.69, 9.17) is 9.84 Å². The van der Waals surface area contributed by atoms with Crippen molar-refractivity contribution in [3.8, 4) is 0 Å². The molecule has 0 amide bonds. The van der Waals surface area contributed by atoms with Gasteiger partial charge in [-0.05, 0) is 38.7 Å². The van der Waals surface area contributed by atoms with E-state index < -0.39 is 5.97 Å². The van der Waals surface area contributed by atoms with Gasteiger partial charge in [0.2, 0.25) is 5.95 Å². The normalized spacial score (nSPS) is 19.1. The number of carbonyl (C=O) groups is 1. The Morgan fingerprint density at radius 1 is 1.53 bits per heavy atom. The standard InChI is InChI=1S/C13H19N3O3/c1-9-8-11(12(17)18)16-13(15-9)14-6-5-10-4-2-3-7-19-10/h8,10H,2-7H2,1H3,(H,17,18)(H,14,15,16). The maximum atomic E-state index is 10.9. The number of nitrogens with zero attached hydrogens (tertiary/aromatic N) is 2. The molecule has 1 aliphatic heterocycles. The Bertz CT molecular complexity index is 445. The topological polar surface area (TPSA) is 84.3 Å². The van der Waals surface area contributed by atoms with Gasteiger partial charge in [-0.3, -0.25) is 0 Å². The molecule has 1 aromatic rings. The predicted molar refractivity (Wildman–Crippen MR) is 70.4 cm³/mol. The molecule has 1 aromatic heterocycles. The number of nitrogens with one attached hydrogen (secondary N) is 1. The number of carboxylic acid groups (broad SMARTS) is 1. The second-order valence-electron chi connectivity index (χ2n) is 4.73. The summed E-state index contributed by atoms with van der Waals surface area (Å²) in [6.45, 7) is 3.28. The molecule has 1 aliphatic rings. The third-order valence-corrected chi connectivity index (χ3v) is 3.10. The number of hydrogen-bond donors (Lipinski definition) is 2. The Morgan fingerprint density at radius 3 is 3.05 bits per heavy atom. The van der Waals surface area contributed by atoms with Crippen molar-refractivity contribution >= 4 is 11.9 Å². The Balaban J connectivity index is 1.86. The summed E-state index contributed by atoms with van der Waals surface area (Å²) < 4.78 is 5.63. The molecule has 2 N–H and O–H groups in total. The van der Waals surface area contributed by atoms with Gasteiger partial charge in [0.15, 0.2) is 5.69 Å². The molecule has 1 atom stereocenters. The van der Waals surface area contributed by atoms with Crippen molar-refractivity contribution in [1.29, 1.82) is 0 Å². The molecular formula is C13H19N3O3. The maximum absolute atomic E-state index is 10.9. The van der Waals surface area contributed by atoms with Crippen LogP contribution in [-0.2, 0) is 4.74 Å². The van der Waals surface area contributed by atoms with Gasteiger partial charge in [0.1, 0.15) is 0 Å². The highest BCUT2D eigenvalue weighted by molar-refractivity contribution is 5.85. The monoisotopic (exact) mass is 265 g/mol. The predicted octanol–water partition coefficient (Wildman–Crippen LogP) is 1.85. The first kappa shape index (κ1) is 13.7. The van der Waals surface area contributed by atoms with E-state index in [1.807, 2.05) is 0 Å². The van der Waals surface area contributed by atoms with Crippen LogP contribution in [0.2, 0.25) is 0 Å². The summed E-state index contributed by atoms with van der Waals surface area (Å²) in [7, 11) is 0. The fraction of sp³-hybridized carbons (Fsp3) is 0.615. The third-order valence-electron chi connectivity index (χ3n) is 3.10. The molecule has 2 heterocycles. The zero-order chi connectivity index (χ0) is 13.7. The summed E-state index contributed by atoms with van der Waals surface area (Å²) in [6.07, 6.45) is 4.64. The van der Waals surface area contributed by atoms with E-state index in [0.29, 0.717) is 24.3 Å². The van der Waals surface area contributed by atoms with Gasteiger partial charge in [-0.25, -0.2) is 14.8 Å². The minimum atomic E-state index is -1.04. The Morgan fingerprint density at radius 2 is 2.37 bits per heavy atom. The number of aryl methyl sites for hydroxylation is 1. The van der Waals surface area contributed by atoms with Crippen LogP contribution in [0.5, 0.6) is 0 Å². The van der Waals surface area contributed by atoms with Crippen LogP contribution in [0.3, 0.4) is 0 Å². The van der Waals surface area contributed by atoms with Gasteiger partial charge in [0, 0.05) is 18.8 Å². The summed E-state index contributed by atoms with van der Waals surface area (Å²) >= 11 is 0. The summed E-state index contributed by atoms with van der Waals surface area (Å²) in [5.74, 6) is -0.669. The van der Waals surface area contributed by atoms with Crippen molar-refractivity contribution in [1.82, 2.24) is 9.97 Å². The van der Waals surface area contributed by atoms with Crippen molar-refractivity contribution in [3.05, 3.63) is 17.5 Å². The van der Waals surface area contributed by atoms with Crippen molar-refractivity contribution in [2.45, 2.75) is 38.7 Å². The van der Waals surface area contributed by atoms with Crippen molar-refractivity contribution in [2.24, 2.45) is 0 Å². The van der Waals surface area contributed by atoms with Gasteiger partial charge in [0.05, 0.1) is 6.10 Å². The highest BCUT2D eigenvalue weighted by Gasteiger charge is 2.14. The van der Waals surface area contributed by atoms with Gasteiger partial charge in [-0.15, -0.1) is 0 Å². The molecule has 6 nitrogen and oxygen atoms in total. The molecule has 0 radical (unpaired) electrons. The van der Waals surface area contributed by atoms with Crippen LogP contribution in [0.1, 0.15) is 41.9 Å². The first-order valence-corrected chi connectivity index (χ1v) is 6.59. The number of anilines is 1. The fourth-order valence-electron chi connectivity index (χ4n) is 2.14. The van der Waals surface area contributed by atoms with E-state index in [9.17, 15) is 4.79 Å². The largest absolute Gasteiger partial charge is 0.477 e. The Hall–Kier alpha value is -1.69. The van der Waals surface area contributed by atoms with Gasteiger partial charge in [-0.1, -0.05) is 0 Å². The van der Waals surface area contributed by atoms with E-state index in [-0.39, 0.29) is 5.69 Å². The van der Waals surface area contributed by atoms with Crippen LogP contribution in [0.15, 0.2) is 6.07 Å². The van der Waals surface area contributed by atoms with Crippen molar-refractivity contribution < 1.29 is 14.6 Å². The maximum Gasteiger partial charge on any atom is 0.354 e. The van der Waals surface area contributed by atoms with E-state index in [1.54, 1.807) is 6.92 Å². The second-order valence-corrected chi connectivity index (χ2v) is 4.73. The second kappa shape index (κ2) is 6.47. The molecule has 19 heavy (non-hydrogen) atoms. The minimum Gasteiger partial charge on any atom is -0.477 e. The van der Waals surface area contributed by atoms with E-state index in [2.05, 4.69) is 15.3 Å². The van der Waals surface area contributed by atoms with Gasteiger partial charge < -0.3 is 15.2 Å². The Kier molecular flexibility index (Phi) is 4.68. The van der Waals surface area contributed by atoms with Crippen LogP contribution in [0, 0.1) is 6.92 Å². The molecule has 1 unspecified atom stereocenters. The van der Waals surface area contributed by atoms with Gasteiger partial charge >= 0.3 is 5.97 Å². The SMILES string of the molecule is Cc1cc(C(=O)O)nc(NCCC2CCCCO2)n1. The summed E-state index contributed by atoms with van der Waals surface area (Å²) in [5.41, 5.74) is 0.660. The van der Waals surface area contributed by atoms with Crippen LogP contribution < -0.4 is 5.32 Å². The van der Waals surface area contributed by atoms with Crippen LogP contribution in [-0.4, -0.2) is 40.3 Å². The fourth-order valence-corrected chi connectivity index (χ4v) is 2.14. The molecule has 0 saturated carbocycles. The van der Waals surface area contributed by atoms with Crippen molar-refractivity contribution in [2.75, 3.05) is 18.5 Å². The lowest BCUT2D eigenvalue weighted by Crippen LogP contribution is -2.22. The summed E-state index contributed by atoms with van der Waals surface area (Å²) in [4.78, 5) is 19.0. The van der Waals surface area contributed by atoms with Crippen LogP contribution in [0.4, 0.5) is 5.95 Å². The number of rotatable bonds is 5. The molecule has 1 saturated heterocycles. The molecule has 1 fully saturated rings. The number of aromatic nitrogens is 2. The highest BCUT2D eigenvalue weighted by atomic mass is 16.5. The molecule has 0 aliphatic carbocycles. The van der Waals surface area contributed by atoms with Gasteiger partial charge in [0.25, 0.3) is 0 Å². The zero-order valence-electron chi connectivity index (χ0n) is 11.1. The number of hydrogen-bond acceptors (Lipinski definition) is 5. The lowest BCUT2D eigenvalue weighted by Gasteiger charge is -2.22. The minimum absolute atomic E-state index is 0.0175. The molecule has 6 heteroatoms. The van der Waals surface area contributed by atoms with Gasteiger partial charge in [-0.2, -0.15) is 0 Å². The summed E-state index contributed by atoms with van der Waals surface area (Å²) in [6, 6.07) is 1.46.